The van der Waals surface area contributed by atoms with Crippen molar-refractivity contribution in [1.82, 2.24) is 10.3 Å². The summed E-state index contributed by atoms with van der Waals surface area (Å²) in [5.74, 6) is 0.463. The van der Waals surface area contributed by atoms with Gasteiger partial charge in [0.05, 0.1) is 14.5 Å². The van der Waals surface area contributed by atoms with Crippen LogP contribution in [0, 0.1) is 0 Å². The van der Waals surface area contributed by atoms with Gasteiger partial charge in [-0.05, 0) is 47.3 Å². The monoisotopic (exact) mass is 452 g/mol. The van der Waals surface area contributed by atoms with Crippen LogP contribution in [0.2, 0.25) is 0 Å². The molecule has 2 aromatic carbocycles. The van der Waals surface area contributed by atoms with Crippen LogP contribution in [0.15, 0.2) is 76.8 Å². The Morgan fingerprint density at radius 2 is 1.94 bits per heavy atom. The van der Waals surface area contributed by atoms with Crippen molar-refractivity contribution in [2.45, 2.75) is 16.3 Å². The number of hydrogen-bond donors (Lipinski definition) is 1. The van der Waals surface area contributed by atoms with Crippen LogP contribution in [0.4, 0.5) is 0 Å². The quantitative estimate of drug-likeness (QED) is 0.495. The molecule has 156 valence electrons. The maximum absolute atomic E-state index is 13.0. The molecule has 1 aliphatic heterocycles. The topological polar surface area (TPSA) is 94.6 Å². The first-order valence-electron chi connectivity index (χ1n) is 9.37. The number of rotatable bonds is 5. The predicted octanol–water partition coefficient (Wildman–Crippen LogP) is 3.79. The lowest BCUT2D eigenvalue weighted by Crippen LogP contribution is -2.21. The van der Waals surface area contributed by atoms with Crippen molar-refractivity contribution in [3.8, 4) is 11.5 Å². The van der Waals surface area contributed by atoms with Crippen molar-refractivity contribution in [3.05, 3.63) is 77.4 Å². The van der Waals surface area contributed by atoms with E-state index in [2.05, 4.69) is 10.3 Å². The van der Waals surface area contributed by atoms with Gasteiger partial charge in [0, 0.05) is 18.9 Å². The molecule has 9 heteroatoms. The summed E-state index contributed by atoms with van der Waals surface area (Å²) >= 11 is 1.38. The van der Waals surface area contributed by atoms with E-state index in [9.17, 15) is 13.2 Å². The van der Waals surface area contributed by atoms with Gasteiger partial charge in [0.15, 0.2) is 11.5 Å². The number of hydrogen-bond acceptors (Lipinski definition) is 7. The molecule has 0 spiro atoms. The van der Waals surface area contributed by atoms with Gasteiger partial charge in [0.25, 0.3) is 5.91 Å². The molecule has 7 nitrogen and oxygen atoms in total. The highest BCUT2D eigenvalue weighted by atomic mass is 32.2. The Labute approximate surface area is 182 Å². The third kappa shape index (κ3) is 3.62. The Kier molecular flexibility index (Phi) is 4.84. The van der Waals surface area contributed by atoms with Gasteiger partial charge in [0.2, 0.25) is 16.6 Å². The van der Waals surface area contributed by atoms with Crippen molar-refractivity contribution in [2.24, 2.45) is 0 Å². The molecule has 1 N–H and O–H groups in total. The molecule has 0 saturated heterocycles. The van der Waals surface area contributed by atoms with E-state index in [1.165, 1.54) is 29.5 Å². The SMILES string of the molecule is O=C(NCc1ccc(S(=O)(=O)c2cccc3c2OCO3)cc1)c1cc2ccncc2s1. The van der Waals surface area contributed by atoms with E-state index in [-0.39, 0.29) is 34.8 Å². The van der Waals surface area contributed by atoms with Crippen molar-refractivity contribution in [1.29, 1.82) is 0 Å². The van der Waals surface area contributed by atoms with Crippen molar-refractivity contribution < 1.29 is 22.7 Å². The number of para-hydroxylation sites is 1. The highest BCUT2D eigenvalue weighted by Gasteiger charge is 2.27. The van der Waals surface area contributed by atoms with Gasteiger partial charge in [-0.1, -0.05) is 18.2 Å². The molecular weight excluding hydrogens is 436 g/mol. The number of nitrogens with zero attached hydrogens (tertiary/aromatic N) is 1. The summed E-state index contributed by atoms with van der Waals surface area (Å²) in [4.78, 5) is 17.3. The van der Waals surface area contributed by atoms with Crippen LogP contribution < -0.4 is 14.8 Å². The molecule has 0 bridgehead atoms. The lowest BCUT2D eigenvalue weighted by molar-refractivity contribution is 0.0955. The Bertz CT molecular complexity index is 1360. The van der Waals surface area contributed by atoms with E-state index in [0.717, 1.165) is 15.6 Å². The summed E-state index contributed by atoms with van der Waals surface area (Å²) in [5, 5.41) is 3.84. The molecule has 0 unspecified atom stereocenters. The maximum atomic E-state index is 13.0. The van der Waals surface area contributed by atoms with E-state index in [1.54, 1.807) is 36.7 Å². The van der Waals surface area contributed by atoms with Crippen LogP contribution in [0.1, 0.15) is 15.2 Å². The first-order valence-corrected chi connectivity index (χ1v) is 11.7. The van der Waals surface area contributed by atoms with E-state index >= 15 is 0 Å². The number of thiophene rings is 1. The van der Waals surface area contributed by atoms with Crippen LogP contribution in [-0.4, -0.2) is 26.1 Å². The largest absolute Gasteiger partial charge is 0.454 e. The first-order chi connectivity index (χ1) is 15.0. The fraction of sp³-hybridized carbons (Fsp3) is 0.0909. The molecule has 2 aromatic heterocycles. The average Bonchev–Trinajstić information content (AvgIpc) is 3.44. The number of nitrogens with one attached hydrogen (secondary N) is 1. The molecule has 3 heterocycles. The number of benzene rings is 2. The van der Waals surface area contributed by atoms with Crippen LogP contribution >= 0.6 is 11.3 Å². The number of ether oxygens (including phenoxy) is 2. The molecule has 5 rings (SSSR count). The molecule has 1 amide bonds. The minimum atomic E-state index is -3.77. The molecule has 4 aromatic rings. The van der Waals surface area contributed by atoms with Gasteiger partial charge in [0.1, 0.15) is 4.90 Å². The molecular formula is C22H16N2O5S2. The number of carbonyl (C=O) groups is 1. The lowest BCUT2D eigenvalue weighted by Gasteiger charge is -2.09. The van der Waals surface area contributed by atoms with Crippen molar-refractivity contribution >= 4 is 37.2 Å². The summed E-state index contributed by atoms with van der Waals surface area (Å²) in [7, 11) is -3.77. The Hall–Kier alpha value is -3.43. The Morgan fingerprint density at radius 3 is 2.74 bits per heavy atom. The van der Waals surface area contributed by atoms with Crippen LogP contribution in [-0.2, 0) is 16.4 Å². The third-order valence-corrected chi connectivity index (χ3v) is 7.76. The molecule has 1 aliphatic rings. The van der Waals surface area contributed by atoms with Crippen LogP contribution in [0.25, 0.3) is 10.1 Å². The van der Waals surface area contributed by atoms with E-state index in [4.69, 9.17) is 9.47 Å². The molecule has 0 atom stereocenters. The number of aromatic nitrogens is 1. The van der Waals surface area contributed by atoms with Gasteiger partial charge in [-0.15, -0.1) is 11.3 Å². The number of sulfone groups is 1. The zero-order valence-electron chi connectivity index (χ0n) is 16.1. The second kappa shape index (κ2) is 7.68. The van der Waals surface area contributed by atoms with Crippen molar-refractivity contribution in [3.63, 3.8) is 0 Å². The summed E-state index contributed by atoms with van der Waals surface area (Å²) < 4.78 is 37.6. The fourth-order valence-corrected chi connectivity index (χ4v) is 5.65. The molecule has 31 heavy (non-hydrogen) atoms. The van der Waals surface area contributed by atoms with E-state index < -0.39 is 9.84 Å². The second-order valence-electron chi connectivity index (χ2n) is 6.84. The van der Waals surface area contributed by atoms with Gasteiger partial charge in [-0.3, -0.25) is 9.78 Å². The average molecular weight is 453 g/mol. The molecule has 0 saturated carbocycles. The predicted molar refractivity (Wildman–Crippen MR) is 115 cm³/mol. The smallest absolute Gasteiger partial charge is 0.261 e. The summed E-state index contributed by atoms with van der Waals surface area (Å²) in [5.41, 5.74) is 0.785. The van der Waals surface area contributed by atoms with E-state index in [1.807, 2.05) is 12.1 Å². The zero-order valence-corrected chi connectivity index (χ0v) is 17.7. The number of carbonyl (C=O) groups excluding carboxylic acids is 1. The van der Waals surface area contributed by atoms with Crippen molar-refractivity contribution in [2.75, 3.05) is 6.79 Å². The second-order valence-corrected chi connectivity index (χ2v) is 9.85. The van der Waals surface area contributed by atoms with E-state index in [0.29, 0.717) is 10.6 Å². The summed E-state index contributed by atoms with van der Waals surface area (Å²) in [6, 6.07) is 14.9. The number of amides is 1. The minimum absolute atomic E-state index is 0.00316. The Morgan fingerprint density at radius 1 is 1.10 bits per heavy atom. The summed E-state index contributed by atoms with van der Waals surface area (Å²) in [6.07, 6.45) is 3.42. The minimum Gasteiger partial charge on any atom is -0.454 e. The van der Waals surface area contributed by atoms with Crippen LogP contribution in [0.3, 0.4) is 0 Å². The standard InChI is InChI=1S/C22H16N2O5S2/c25-22(18-10-15-8-9-23-12-19(15)30-18)24-11-14-4-6-16(7-5-14)31(26,27)20-3-1-2-17-21(20)29-13-28-17/h1-10,12H,11,13H2,(H,24,25). The van der Waals surface area contributed by atoms with Gasteiger partial charge in [-0.2, -0.15) is 0 Å². The highest BCUT2D eigenvalue weighted by Crippen LogP contribution is 2.40. The highest BCUT2D eigenvalue weighted by molar-refractivity contribution is 7.91. The van der Waals surface area contributed by atoms with Gasteiger partial charge >= 0.3 is 0 Å². The van der Waals surface area contributed by atoms with Gasteiger partial charge in [-0.25, -0.2) is 8.42 Å². The maximum Gasteiger partial charge on any atom is 0.261 e. The number of pyridine rings is 1. The molecule has 0 aliphatic carbocycles. The lowest BCUT2D eigenvalue weighted by atomic mass is 10.2. The van der Waals surface area contributed by atoms with Gasteiger partial charge < -0.3 is 14.8 Å². The Balaban J connectivity index is 1.31. The van der Waals surface area contributed by atoms with Crippen LogP contribution in [0.5, 0.6) is 11.5 Å². The zero-order chi connectivity index (χ0) is 21.4. The normalized spacial score (nSPS) is 12.8. The third-order valence-electron chi connectivity index (χ3n) is 4.88. The molecule has 0 fully saturated rings. The molecule has 0 radical (unpaired) electrons. The first kappa shape index (κ1) is 19.5. The summed E-state index contributed by atoms with van der Waals surface area (Å²) in [6.45, 7) is 0.278. The number of fused-ring (bicyclic) bond motifs is 2. The fourth-order valence-electron chi connectivity index (χ4n) is 3.29.